The number of rotatable bonds is 4. The molecule has 0 aliphatic heterocycles. The van der Waals surface area contributed by atoms with E-state index >= 15 is 0 Å². The second-order valence-electron chi connectivity index (χ2n) is 7.66. The van der Waals surface area contributed by atoms with Gasteiger partial charge in [-0.3, -0.25) is 0 Å². The summed E-state index contributed by atoms with van der Waals surface area (Å²) in [6.45, 7) is 6.22. The van der Waals surface area contributed by atoms with Crippen molar-refractivity contribution in [3.05, 3.63) is 53.2 Å². The van der Waals surface area contributed by atoms with E-state index in [9.17, 15) is 4.21 Å². The Morgan fingerprint density at radius 3 is 2.36 bits per heavy atom. The second kappa shape index (κ2) is 7.36. The van der Waals surface area contributed by atoms with Crippen LogP contribution < -0.4 is 5.73 Å². The van der Waals surface area contributed by atoms with Gasteiger partial charge in [0.15, 0.2) is 5.82 Å². The first-order valence-corrected chi connectivity index (χ1v) is 11.5. The van der Waals surface area contributed by atoms with Crippen LogP contribution in [0.5, 0.6) is 0 Å². The lowest BCUT2D eigenvalue weighted by atomic mass is 9.91. The van der Waals surface area contributed by atoms with Crippen LogP contribution in [-0.4, -0.2) is 27.9 Å². The van der Waals surface area contributed by atoms with Crippen LogP contribution in [0, 0.1) is 12.3 Å². The van der Waals surface area contributed by atoms with Gasteiger partial charge in [0, 0.05) is 52.1 Å². The van der Waals surface area contributed by atoms with Crippen molar-refractivity contribution in [2.45, 2.75) is 26.7 Å². The van der Waals surface area contributed by atoms with Gasteiger partial charge in [-0.25, -0.2) is 9.19 Å². The smallest absolute Gasteiger partial charge is 0.169 e. The Morgan fingerprint density at radius 1 is 1.18 bits per heavy atom. The number of nitrogen functional groups attached to an aromatic ring is 1. The lowest BCUT2D eigenvalue weighted by Gasteiger charge is -2.18. The van der Waals surface area contributed by atoms with Crippen LogP contribution in [0.1, 0.15) is 38.0 Å². The van der Waals surface area contributed by atoms with Crippen LogP contribution in [-0.2, 0) is 9.73 Å². The van der Waals surface area contributed by atoms with Crippen LogP contribution in [0.25, 0.3) is 21.9 Å². The standard InChI is InChI=1S/C22H26N4OS.H2/c1-13(2)21-20(15-8-6-14(3)7-9-15)17-10-16(12-23)19(24)11-18(17)22(25-21)26-28(4,5)27;/h6-13,23H,24H2,1-5H3;1H. The zero-order valence-corrected chi connectivity index (χ0v) is 17.7. The van der Waals surface area contributed by atoms with E-state index in [0.717, 1.165) is 27.6 Å². The van der Waals surface area contributed by atoms with Crippen molar-refractivity contribution in [2.75, 3.05) is 18.2 Å². The number of fused-ring (bicyclic) bond motifs is 1. The van der Waals surface area contributed by atoms with Gasteiger partial charge in [-0.15, -0.1) is 0 Å². The highest BCUT2D eigenvalue weighted by Gasteiger charge is 2.19. The third-order valence-electron chi connectivity index (χ3n) is 4.56. The van der Waals surface area contributed by atoms with Crippen molar-refractivity contribution < 1.29 is 5.64 Å². The van der Waals surface area contributed by atoms with Gasteiger partial charge in [0.25, 0.3) is 0 Å². The number of nitrogens with zero attached hydrogens (tertiary/aromatic N) is 2. The van der Waals surface area contributed by atoms with Gasteiger partial charge in [0.05, 0.1) is 5.69 Å². The number of aromatic nitrogens is 1. The summed E-state index contributed by atoms with van der Waals surface area (Å²) in [6, 6.07) is 12.0. The van der Waals surface area contributed by atoms with E-state index in [1.165, 1.54) is 11.8 Å². The van der Waals surface area contributed by atoms with Gasteiger partial charge in [-0.05, 0) is 35.9 Å². The molecule has 0 spiro atoms. The highest BCUT2D eigenvalue weighted by atomic mass is 32.2. The largest absolute Gasteiger partial charge is 0.398 e. The molecule has 2 aromatic carbocycles. The van der Waals surface area contributed by atoms with Crippen LogP contribution in [0.4, 0.5) is 11.5 Å². The Balaban J connectivity index is 0.00000300. The Hall–Kier alpha value is -2.73. The summed E-state index contributed by atoms with van der Waals surface area (Å²) in [5.41, 5.74) is 11.4. The molecular formula is C22H28N4OS. The fourth-order valence-corrected chi connectivity index (χ4v) is 3.79. The number of anilines is 1. The van der Waals surface area contributed by atoms with Gasteiger partial charge in [-0.2, -0.15) is 4.36 Å². The summed E-state index contributed by atoms with van der Waals surface area (Å²) in [7, 11) is -2.40. The Morgan fingerprint density at radius 2 is 1.82 bits per heavy atom. The van der Waals surface area contributed by atoms with E-state index in [4.69, 9.17) is 16.1 Å². The van der Waals surface area contributed by atoms with Gasteiger partial charge >= 0.3 is 0 Å². The fourth-order valence-electron chi connectivity index (χ4n) is 3.24. The lowest BCUT2D eigenvalue weighted by Crippen LogP contribution is -2.02. The topological polar surface area (TPSA) is 92.2 Å². The van der Waals surface area contributed by atoms with Crippen LogP contribution in [0.3, 0.4) is 0 Å². The quantitative estimate of drug-likeness (QED) is 0.449. The van der Waals surface area contributed by atoms with E-state index in [1.807, 2.05) is 6.07 Å². The van der Waals surface area contributed by atoms with Crippen molar-refractivity contribution >= 4 is 38.2 Å². The molecule has 0 aliphatic carbocycles. The van der Waals surface area contributed by atoms with Crippen LogP contribution >= 0.6 is 0 Å². The maximum absolute atomic E-state index is 12.4. The fraction of sp³-hybridized carbons (Fsp3) is 0.273. The first-order chi connectivity index (χ1) is 13.1. The highest BCUT2D eigenvalue weighted by Crippen LogP contribution is 2.40. The molecule has 0 bridgehead atoms. The SMILES string of the molecule is Cc1ccc(-c2c(C(C)C)nc(N=S(C)(C)=O)c3cc(N)c(C=N)cc23)cc1.[HH]. The second-order valence-corrected chi connectivity index (χ2v) is 10.2. The van der Waals surface area contributed by atoms with Crippen molar-refractivity contribution in [3.8, 4) is 11.1 Å². The minimum Gasteiger partial charge on any atom is -0.398 e. The molecule has 0 radical (unpaired) electrons. The number of nitrogens with two attached hydrogens (primary N) is 1. The number of aryl methyl sites for hydroxylation is 1. The molecule has 3 rings (SSSR count). The molecule has 0 amide bonds. The molecule has 0 aliphatic rings. The van der Waals surface area contributed by atoms with E-state index in [-0.39, 0.29) is 7.34 Å². The number of nitrogens with one attached hydrogen (secondary N) is 1. The van der Waals surface area contributed by atoms with E-state index < -0.39 is 9.73 Å². The number of benzene rings is 2. The molecule has 0 unspecified atom stereocenters. The van der Waals surface area contributed by atoms with Crippen molar-refractivity contribution in [1.82, 2.24) is 4.98 Å². The first-order valence-electron chi connectivity index (χ1n) is 9.12. The highest BCUT2D eigenvalue weighted by molar-refractivity contribution is 7.92. The summed E-state index contributed by atoms with van der Waals surface area (Å²) >= 11 is 0. The number of pyridine rings is 1. The molecule has 0 fully saturated rings. The maximum Gasteiger partial charge on any atom is 0.169 e. The van der Waals surface area contributed by atoms with Crippen molar-refractivity contribution in [1.29, 1.82) is 5.41 Å². The van der Waals surface area contributed by atoms with Gasteiger partial charge in [0.2, 0.25) is 0 Å². The molecular weight excluding hydrogens is 368 g/mol. The third kappa shape index (κ3) is 3.92. The number of hydrogen-bond acceptors (Lipinski definition) is 5. The Bertz CT molecular complexity index is 1190. The van der Waals surface area contributed by atoms with Crippen molar-refractivity contribution in [3.63, 3.8) is 0 Å². The zero-order valence-electron chi connectivity index (χ0n) is 16.9. The summed E-state index contributed by atoms with van der Waals surface area (Å²) in [5.74, 6) is 0.577. The minimum absolute atomic E-state index is 0. The van der Waals surface area contributed by atoms with E-state index in [0.29, 0.717) is 17.1 Å². The molecule has 0 saturated carbocycles. The Kier molecular flexibility index (Phi) is 5.26. The predicted molar refractivity (Wildman–Crippen MR) is 122 cm³/mol. The zero-order chi connectivity index (χ0) is 20.6. The first kappa shape index (κ1) is 20.0. The summed E-state index contributed by atoms with van der Waals surface area (Å²) in [5, 5.41) is 9.37. The van der Waals surface area contributed by atoms with E-state index in [2.05, 4.69) is 49.4 Å². The van der Waals surface area contributed by atoms with Gasteiger partial charge in [-0.1, -0.05) is 43.7 Å². The molecule has 3 aromatic rings. The molecule has 0 atom stereocenters. The average molecular weight is 397 g/mol. The monoisotopic (exact) mass is 396 g/mol. The van der Waals surface area contributed by atoms with Crippen LogP contribution in [0.15, 0.2) is 40.8 Å². The molecule has 6 heteroatoms. The average Bonchev–Trinajstić information content (AvgIpc) is 2.61. The lowest BCUT2D eigenvalue weighted by molar-refractivity contribution is 0.684. The maximum atomic E-state index is 12.4. The molecule has 28 heavy (non-hydrogen) atoms. The molecule has 1 aromatic heterocycles. The summed E-state index contributed by atoms with van der Waals surface area (Å²) < 4.78 is 16.8. The molecule has 148 valence electrons. The number of hydrogen-bond donors (Lipinski definition) is 2. The van der Waals surface area contributed by atoms with Gasteiger partial charge in [0.1, 0.15) is 0 Å². The Labute approximate surface area is 168 Å². The van der Waals surface area contributed by atoms with Crippen LogP contribution in [0.2, 0.25) is 0 Å². The minimum atomic E-state index is -2.40. The van der Waals surface area contributed by atoms with Gasteiger partial charge < -0.3 is 11.1 Å². The molecule has 3 N–H and O–H groups in total. The molecule has 5 nitrogen and oxygen atoms in total. The molecule has 1 heterocycles. The van der Waals surface area contributed by atoms with Crippen molar-refractivity contribution in [2.24, 2.45) is 4.36 Å². The predicted octanol–water partition coefficient (Wildman–Crippen LogP) is 5.52. The third-order valence-corrected chi connectivity index (χ3v) is 5.18. The normalized spacial score (nSPS) is 11.8. The van der Waals surface area contributed by atoms with E-state index in [1.54, 1.807) is 18.6 Å². The molecule has 0 saturated heterocycles. The summed E-state index contributed by atoms with van der Waals surface area (Å²) in [4.78, 5) is 4.82. The summed E-state index contributed by atoms with van der Waals surface area (Å²) in [6.07, 6.45) is 4.44.